The minimum absolute atomic E-state index is 0.0775. The van der Waals surface area contributed by atoms with Crippen LogP contribution in [0.3, 0.4) is 0 Å². The molecule has 4 rings (SSSR count). The van der Waals surface area contributed by atoms with Crippen molar-refractivity contribution in [3.8, 4) is 5.75 Å². The molecule has 4 aromatic rings. The minimum atomic E-state index is -0.247. The first-order chi connectivity index (χ1) is 16.6. The third-order valence-electron chi connectivity index (χ3n) is 5.33. The van der Waals surface area contributed by atoms with Crippen LogP contribution in [-0.4, -0.2) is 23.9 Å². The molecule has 2 aromatic carbocycles. The van der Waals surface area contributed by atoms with Gasteiger partial charge in [-0.1, -0.05) is 24.3 Å². The number of rotatable bonds is 9. The Bertz CT molecular complexity index is 1210. The molecule has 172 valence electrons. The zero-order valence-electron chi connectivity index (χ0n) is 18.8. The average Bonchev–Trinajstić information content (AvgIpc) is 3.42. The van der Waals surface area contributed by atoms with Gasteiger partial charge in [0.05, 0.1) is 26.3 Å². The maximum Gasteiger partial charge on any atom is 0.294 e. The first-order valence-electron chi connectivity index (χ1n) is 10.9. The topological polar surface area (TPSA) is 84.7 Å². The second-order valence-corrected chi connectivity index (χ2v) is 7.69. The van der Waals surface area contributed by atoms with Crippen molar-refractivity contribution < 1.29 is 18.7 Å². The first-order valence-corrected chi connectivity index (χ1v) is 10.9. The van der Waals surface area contributed by atoms with Gasteiger partial charge in [0.15, 0.2) is 5.76 Å². The second kappa shape index (κ2) is 11.0. The number of hydrogen-bond acceptors (Lipinski definition) is 5. The number of amides is 2. The number of nitrogens with zero attached hydrogens (tertiary/aromatic N) is 2. The third kappa shape index (κ3) is 5.89. The largest absolute Gasteiger partial charge is 0.497 e. The Balaban J connectivity index is 1.46. The predicted octanol–water partition coefficient (Wildman–Crippen LogP) is 4.39. The number of nitrogens with one attached hydrogen (secondary N) is 1. The number of carbonyl (C=O) groups is 2. The number of furan rings is 1. The van der Waals surface area contributed by atoms with Crippen LogP contribution >= 0.6 is 0 Å². The van der Waals surface area contributed by atoms with Gasteiger partial charge in [0.25, 0.3) is 5.91 Å². The van der Waals surface area contributed by atoms with E-state index >= 15 is 0 Å². The lowest BCUT2D eigenvalue weighted by Crippen LogP contribution is -2.30. The van der Waals surface area contributed by atoms with Gasteiger partial charge in [-0.25, -0.2) is 0 Å². The van der Waals surface area contributed by atoms with Crippen molar-refractivity contribution in [2.45, 2.75) is 19.5 Å². The van der Waals surface area contributed by atoms with Crippen LogP contribution in [-0.2, 0) is 24.3 Å². The maximum absolute atomic E-state index is 13.2. The van der Waals surface area contributed by atoms with Crippen LogP contribution in [0.5, 0.6) is 5.75 Å². The summed E-state index contributed by atoms with van der Waals surface area (Å²) >= 11 is 0. The van der Waals surface area contributed by atoms with Gasteiger partial charge >= 0.3 is 0 Å². The molecular formula is C27H25N3O4. The highest BCUT2D eigenvalue weighted by atomic mass is 16.5. The van der Waals surface area contributed by atoms with Crippen molar-refractivity contribution in [3.63, 3.8) is 0 Å². The number of hydrogen-bond donors (Lipinski definition) is 1. The third-order valence-corrected chi connectivity index (χ3v) is 5.33. The van der Waals surface area contributed by atoms with Crippen LogP contribution < -0.4 is 15.0 Å². The van der Waals surface area contributed by atoms with Crippen LogP contribution in [0.15, 0.2) is 95.9 Å². The summed E-state index contributed by atoms with van der Waals surface area (Å²) in [5, 5.41) is 2.91. The van der Waals surface area contributed by atoms with Gasteiger partial charge in [-0.2, -0.15) is 0 Å². The molecule has 1 N–H and O–H groups in total. The quantitative estimate of drug-likeness (QED) is 0.405. The average molecular weight is 456 g/mol. The van der Waals surface area contributed by atoms with Crippen molar-refractivity contribution in [2.75, 3.05) is 12.0 Å². The van der Waals surface area contributed by atoms with Gasteiger partial charge in [0, 0.05) is 24.6 Å². The molecule has 0 unspecified atom stereocenters. The van der Waals surface area contributed by atoms with Crippen molar-refractivity contribution in [1.29, 1.82) is 0 Å². The monoisotopic (exact) mass is 455 g/mol. The molecule has 7 heteroatoms. The molecule has 0 atom stereocenters. The molecule has 0 saturated heterocycles. The van der Waals surface area contributed by atoms with E-state index in [1.54, 1.807) is 36.5 Å². The Morgan fingerprint density at radius 3 is 2.26 bits per heavy atom. The van der Waals surface area contributed by atoms with Crippen LogP contribution in [0.1, 0.15) is 27.2 Å². The normalized spacial score (nSPS) is 10.5. The van der Waals surface area contributed by atoms with E-state index in [1.807, 2.05) is 60.7 Å². The number of anilines is 1. The van der Waals surface area contributed by atoms with E-state index in [0.29, 0.717) is 18.8 Å². The van der Waals surface area contributed by atoms with E-state index in [1.165, 1.54) is 6.26 Å². The molecule has 0 saturated carbocycles. The number of methoxy groups -OCH3 is 1. The molecule has 7 nitrogen and oxygen atoms in total. The molecule has 2 heterocycles. The molecule has 0 fully saturated rings. The second-order valence-electron chi connectivity index (χ2n) is 7.69. The fraction of sp³-hybridized carbons (Fsp3) is 0.148. The van der Waals surface area contributed by atoms with Crippen molar-refractivity contribution in [3.05, 3.63) is 114 Å². The highest BCUT2D eigenvalue weighted by Gasteiger charge is 2.20. The zero-order chi connectivity index (χ0) is 23.8. The van der Waals surface area contributed by atoms with Gasteiger partial charge in [-0.05, 0) is 65.2 Å². The highest BCUT2D eigenvalue weighted by molar-refractivity contribution is 6.04. The summed E-state index contributed by atoms with van der Waals surface area (Å²) in [7, 11) is 1.61. The van der Waals surface area contributed by atoms with E-state index in [0.717, 1.165) is 22.4 Å². The predicted molar refractivity (Wildman–Crippen MR) is 128 cm³/mol. The van der Waals surface area contributed by atoms with E-state index in [4.69, 9.17) is 9.15 Å². The number of ether oxygens (including phenoxy) is 1. The zero-order valence-corrected chi connectivity index (χ0v) is 18.8. The number of aromatic nitrogens is 1. The van der Waals surface area contributed by atoms with E-state index in [9.17, 15) is 9.59 Å². The first kappa shape index (κ1) is 22.8. The SMILES string of the molecule is COc1ccc(CN(C(=O)c2ccco2)c2ccc(CC(=O)NCc3ccncc3)cc2)cc1. The molecular weight excluding hydrogens is 430 g/mol. The Morgan fingerprint density at radius 2 is 1.62 bits per heavy atom. The van der Waals surface area contributed by atoms with Crippen LogP contribution in [0.25, 0.3) is 0 Å². The molecule has 0 radical (unpaired) electrons. The molecule has 2 aromatic heterocycles. The summed E-state index contributed by atoms with van der Waals surface area (Å²) in [6.45, 7) is 0.808. The van der Waals surface area contributed by atoms with Crippen LogP contribution in [0, 0.1) is 0 Å². The number of carbonyl (C=O) groups excluding carboxylic acids is 2. The smallest absolute Gasteiger partial charge is 0.294 e. The van der Waals surface area contributed by atoms with Crippen LogP contribution in [0.2, 0.25) is 0 Å². The fourth-order valence-electron chi connectivity index (χ4n) is 3.47. The summed E-state index contributed by atoms with van der Waals surface area (Å²) in [6, 6.07) is 22.0. The van der Waals surface area contributed by atoms with E-state index in [-0.39, 0.29) is 24.0 Å². The Labute approximate surface area is 198 Å². The summed E-state index contributed by atoms with van der Waals surface area (Å²) in [6.07, 6.45) is 5.12. The molecule has 0 aliphatic rings. The summed E-state index contributed by atoms with van der Waals surface area (Å²) in [5.41, 5.74) is 3.49. The minimum Gasteiger partial charge on any atom is -0.497 e. The van der Waals surface area contributed by atoms with Gasteiger partial charge in [-0.15, -0.1) is 0 Å². The number of benzene rings is 2. The summed E-state index contributed by atoms with van der Waals surface area (Å²) in [4.78, 5) is 31.1. The molecule has 0 spiro atoms. The molecule has 0 aliphatic carbocycles. The standard InChI is InChI=1S/C27H25N3O4/c1-33-24-10-6-22(7-11-24)19-30(27(32)25-3-2-16-34-25)23-8-4-20(5-9-23)17-26(31)29-18-21-12-14-28-15-13-21/h2-16H,17-19H2,1H3,(H,29,31). The summed E-state index contributed by atoms with van der Waals surface area (Å²) < 4.78 is 10.6. The van der Waals surface area contributed by atoms with Gasteiger partial charge in [-0.3, -0.25) is 14.6 Å². The van der Waals surface area contributed by atoms with Gasteiger partial charge in [0.1, 0.15) is 5.75 Å². The Kier molecular flexibility index (Phi) is 7.35. The van der Waals surface area contributed by atoms with E-state index in [2.05, 4.69) is 10.3 Å². The van der Waals surface area contributed by atoms with Crippen LogP contribution in [0.4, 0.5) is 5.69 Å². The fourth-order valence-corrected chi connectivity index (χ4v) is 3.47. The van der Waals surface area contributed by atoms with Crippen molar-refractivity contribution >= 4 is 17.5 Å². The molecule has 0 aliphatic heterocycles. The Hall–Kier alpha value is -4.39. The van der Waals surface area contributed by atoms with Crippen molar-refractivity contribution in [2.24, 2.45) is 0 Å². The Morgan fingerprint density at radius 1 is 0.912 bits per heavy atom. The maximum atomic E-state index is 13.2. The summed E-state index contributed by atoms with van der Waals surface area (Å²) in [5.74, 6) is 0.683. The van der Waals surface area contributed by atoms with Gasteiger partial charge < -0.3 is 19.4 Å². The number of pyridine rings is 1. The lowest BCUT2D eigenvalue weighted by Gasteiger charge is -2.22. The molecule has 34 heavy (non-hydrogen) atoms. The molecule has 0 bridgehead atoms. The molecule has 2 amide bonds. The highest BCUT2D eigenvalue weighted by Crippen LogP contribution is 2.22. The lowest BCUT2D eigenvalue weighted by atomic mass is 10.1. The van der Waals surface area contributed by atoms with E-state index < -0.39 is 0 Å². The van der Waals surface area contributed by atoms with Crippen molar-refractivity contribution in [1.82, 2.24) is 10.3 Å². The lowest BCUT2D eigenvalue weighted by molar-refractivity contribution is -0.120. The van der Waals surface area contributed by atoms with Gasteiger partial charge in [0.2, 0.25) is 5.91 Å².